The first kappa shape index (κ1) is 24.6. The highest BCUT2D eigenvalue weighted by Gasteiger charge is 2.26. The van der Waals surface area contributed by atoms with Crippen molar-refractivity contribution in [3.8, 4) is 11.7 Å². The van der Waals surface area contributed by atoms with E-state index < -0.39 is 15.9 Å². The van der Waals surface area contributed by atoms with Gasteiger partial charge in [0.05, 0.1) is 4.90 Å². The summed E-state index contributed by atoms with van der Waals surface area (Å²) >= 11 is 0. The van der Waals surface area contributed by atoms with Crippen LogP contribution >= 0.6 is 0 Å². The summed E-state index contributed by atoms with van der Waals surface area (Å²) in [5, 5.41) is 11.2. The molecule has 2 heterocycles. The quantitative estimate of drug-likeness (QED) is 0.345. The van der Waals surface area contributed by atoms with Gasteiger partial charge in [0.1, 0.15) is 5.58 Å². The number of nitrogens with zero attached hydrogens (tertiary/aromatic N) is 3. The number of para-hydroxylation sites is 1. The van der Waals surface area contributed by atoms with Gasteiger partial charge in [0, 0.05) is 24.0 Å². The van der Waals surface area contributed by atoms with Crippen molar-refractivity contribution in [2.45, 2.75) is 32.6 Å². The van der Waals surface area contributed by atoms with Gasteiger partial charge in [0.2, 0.25) is 10.0 Å². The van der Waals surface area contributed by atoms with Gasteiger partial charge in [-0.15, -0.1) is 5.10 Å². The highest BCUT2D eigenvalue weighted by molar-refractivity contribution is 7.89. The number of fused-ring (bicyclic) bond motifs is 1. The van der Waals surface area contributed by atoms with Crippen LogP contribution in [0, 0.1) is 11.8 Å². The summed E-state index contributed by atoms with van der Waals surface area (Å²) in [7, 11) is -3.68. The molecule has 0 spiro atoms. The van der Waals surface area contributed by atoms with Crippen molar-refractivity contribution in [3.63, 3.8) is 0 Å². The molecule has 2 aromatic carbocycles. The molecule has 1 N–H and O–H groups in total. The molecule has 4 aromatic rings. The second kappa shape index (κ2) is 10.0. The molecule has 0 bridgehead atoms. The van der Waals surface area contributed by atoms with Crippen molar-refractivity contribution >= 4 is 32.9 Å². The third kappa shape index (κ3) is 5.60. The lowest BCUT2D eigenvalue weighted by Gasteiger charge is -2.25. The molecule has 0 aliphatic carbocycles. The van der Waals surface area contributed by atoms with E-state index in [4.69, 9.17) is 8.83 Å². The maximum absolute atomic E-state index is 13.2. The highest BCUT2D eigenvalue weighted by Crippen LogP contribution is 2.27. The Bertz CT molecular complexity index is 1380. The van der Waals surface area contributed by atoms with Crippen LogP contribution in [0.4, 0.5) is 6.01 Å². The minimum Gasteiger partial charge on any atom is -0.451 e. The van der Waals surface area contributed by atoms with Crippen LogP contribution in [0.3, 0.4) is 0 Å². The van der Waals surface area contributed by atoms with Crippen molar-refractivity contribution in [2.24, 2.45) is 11.8 Å². The zero-order valence-electron chi connectivity index (χ0n) is 20.1. The van der Waals surface area contributed by atoms with Crippen LogP contribution in [0.2, 0.25) is 0 Å². The number of hydrogen-bond acceptors (Lipinski definition) is 7. The zero-order valence-corrected chi connectivity index (χ0v) is 20.9. The fraction of sp³-hybridized carbons (Fsp3) is 0.320. The van der Waals surface area contributed by atoms with E-state index in [0.29, 0.717) is 24.4 Å². The summed E-state index contributed by atoms with van der Waals surface area (Å²) in [5.41, 5.74) is 0.938. The first-order valence-electron chi connectivity index (χ1n) is 11.4. The van der Waals surface area contributed by atoms with Gasteiger partial charge in [-0.05, 0) is 48.2 Å². The number of nitrogens with one attached hydrogen (secondary N) is 1. The molecule has 0 saturated heterocycles. The van der Waals surface area contributed by atoms with Crippen LogP contribution in [0.15, 0.2) is 68.3 Å². The van der Waals surface area contributed by atoms with E-state index in [1.54, 1.807) is 6.07 Å². The number of furan rings is 1. The number of benzene rings is 2. The molecule has 184 valence electrons. The maximum atomic E-state index is 13.2. The van der Waals surface area contributed by atoms with E-state index in [9.17, 15) is 13.2 Å². The second-order valence-corrected chi connectivity index (χ2v) is 11.1. The monoisotopic (exact) mass is 496 g/mol. The van der Waals surface area contributed by atoms with Gasteiger partial charge in [0.25, 0.3) is 11.8 Å². The maximum Gasteiger partial charge on any atom is 0.322 e. The summed E-state index contributed by atoms with van der Waals surface area (Å²) in [5.74, 6) is 0.393. The van der Waals surface area contributed by atoms with Crippen LogP contribution in [-0.4, -0.2) is 41.9 Å². The van der Waals surface area contributed by atoms with Gasteiger partial charge < -0.3 is 8.83 Å². The molecular formula is C25H28N4O5S. The second-order valence-electron chi connectivity index (χ2n) is 9.15. The molecule has 0 unspecified atom stereocenters. The first-order chi connectivity index (χ1) is 16.6. The Kier molecular flexibility index (Phi) is 7.04. The Morgan fingerprint density at radius 2 is 1.60 bits per heavy atom. The van der Waals surface area contributed by atoms with Gasteiger partial charge in [-0.25, -0.2) is 8.42 Å². The Morgan fingerprint density at radius 1 is 0.943 bits per heavy atom. The number of aromatic nitrogens is 2. The third-order valence-corrected chi connectivity index (χ3v) is 7.02. The molecule has 0 aliphatic heterocycles. The summed E-state index contributed by atoms with van der Waals surface area (Å²) in [6.07, 6.45) is 0. The molecule has 1 amide bonds. The van der Waals surface area contributed by atoms with E-state index in [-0.39, 0.29) is 34.2 Å². The predicted molar refractivity (Wildman–Crippen MR) is 132 cm³/mol. The topological polar surface area (TPSA) is 119 Å². The molecule has 35 heavy (non-hydrogen) atoms. The SMILES string of the molecule is CC(C)CN(CC(C)C)S(=O)(=O)c1ccc(C(=O)Nc2nnc(-c3cc4ccccc4o3)o2)cc1. The molecule has 2 aromatic heterocycles. The van der Waals surface area contributed by atoms with Crippen molar-refractivity contribution in [3.05, 3.63) is 60.2 Å². The molecule has 0 aliphatic rings. The minimum atomic E-state index is -3.68. The molecular weight excluding hydrogens is 468 g/mol. The Morgan fingerprint density at radius 3 is 2.23 bits per heavy atom. The fourth-order valence-corrected chi connectivity index (χ4v) is 5.41. The summed E-state index contributed by atoms with van der Waals surface area (Å²) < 4.78 is 39.0. The number of hydrogen-bond donors (Lipinski definition) is 1. The number of anilines is 1. The van der Waals surface area contributed by atoms with E-state index in [2.05, 4.69) is 15.5 Å². The molecule has 4 rings (SSSR count). The van der Waals surface area contributed by atoms with E-state index >= 15 is 0 Å². The smallest absolute Gasteiger partial charge is 0.322 e. The van der Waals surface area contributed by atoms with Crippen LogP contribution in [0.5, 0.6) is 0 Å². The van der Waals surface area contributed by atoms with Gasteiger partial charge >= 0.3 is 6.01 Å². The lowest BCUT2D eigenvalue weighted by Crippen LogP contribution is -2.37. The Balaban J connectivity index is 1.47. The molecule has 10 heteroatoms. The number of rotatable bonds is 9. The summed E-state index contributed by atoms with van der Waals surface area (Å²) in [4.78, 5) is 12.8. The molecule has 0 saturated carbocycles. The van der Waals surface area contributed by atoms with Crippen molar-refractivity contribution in [2.75, 3.05) is 18.4 Å². The van der Waals surface area contributed by atoms with Gasteiger partial charge in [-0.3, -0.25) is 10.1 Å². The van der Waals surface area contributed by atoms with E-state index in [1.807, 2.05) is 52.0 Å². The number of carbonyl (C=O) groups is 1. The Labute approximate surface area is 204 Å². The molecule has 0 fully saturated rings. The number of sulfonamides is 1. The first-order valence-corrected chi connectivity index (χ1v) is 12.8. The third-order valence-electron chi connectivity index (χ3n) is 5.17. The average Bonchev–Trinajstić information content (AvgIpc) is 3.45. The lowest BCUT2D eigenvalue weighted by atomic mass is 10.2. The van der Waals surface area contributed by atoms with Gasteiger partial charge in [-0.1, -0.05) is 51.0 Å². The molecule has 0 atom stereocenters. The largest absolute Gasteiger partial charge is 0.451 e. The van der Waals surface area contributed by atoms with Gasteiger partial charge in [0.15, 0.2) is 5.76 Å². The predicted octanol–water partition coefficient (Wildman–Crippen LogP) is 5.04. The van der Waals surface area contributed by atoms with Crippen LogP contribution < -0.4 is 5.32 Å². The van der Waals surface area contributed by atoms with E-state index in [1.165, 1.54) is 28.6 Å². The minimum absolute atomic E-state index is 0.0952. The van der Waals surface area contributed by atoms with Crippen LogP contribution in [-0.2, 0) is 10.0 Å². The van der Waals surface area contributed by atoms with Crippen molar-refractivity contribution in [1.29, 1.82) is 0 Å². The average molecular weight is 497 g/mol. The van der Waals surface area contributed by atoms with Crippen molar-refractivity contribution < 1.29 is 22.0 Å². The zero-order chi connectivity index (χ0) is 25.2. The number of amides is 1. The fourth-order valence-electron chi connectivity index (χ4n) is 3.64. The highest BCUT2D eigenvalue weighted by atomic mass is 32.2. The summed E-state index contributed by atoms with van der Waals surface area (Å²) in [6.45, 7) is 8.77. The van der Waals surface area contributed by atoms with Gasteiger partial charge in [-0.2, -0.15) is 4.31 Å². The Hall–Kier alpha value is -3.50. The van der Waals surface area contributed by atoms with E-state index in [0.717, 1.165) is 5.39 Å². The molecule has 9 nitrogen and oxygen atoms in total. The van der Waals surface area contributed by atoms with Crippen LogP contribution in [0.1, 0.15) is 38.1 Å². The van der Waals surface area contributed by atoms with Crippen molar-refractivity contribution in [1.82, 2.24) is 14.5 Å². The van der Waals surface area contributed by atoms with Crippen LogP contribution in [0.25, 0.3) is 22.6 Å². The standard InChI is InChI=1S/C25H28N4O5S/c1-16(2)14-29(15-17(3)4)35(31,32)20-11-9-18(10-12-20)23(30)26-25-28-27-24(34-25)22-13-19-7-5-6-8-21(19)33-22/h5-13,16-17H,14-15H2,1-4H3,(H,26,28,30). The number of carbonyl (C=O) groups excluding carboxylic acids is 1. The lowest BCUT2D eigenvalue weighted by molar-refractivity contribution is 0.102. The normalized spacial score (nSPS) is 12.2. The summed E-state index contributed by atoms with van der Waals surface area (Å²) in [6, 6.07) is 14.9. The molecule has 0 radical (unpaired) electrons.